The number of nitro benzene ring substituents is 1. The quantitative estimate of drug-likeness (QED) is 0.528. The Labute approximate surface area is 114 Å². The molecule has 0 saturated carbocycles. The van der Waals surface area contributed by atoms with Crippen molar-refractivity contribution < 1.29 is 4.92 Å². The molecule has 1 aromatic carbocycles. The number of nitro groups is 1. The number of hydrogen-bond donors (Lipinski definition) is 1. The lowest BCUT2D eigenvalue weighted by Crippen LogP contribution is -2.05. The number of benzene rings is 1. The van der Waals surface area contributed by atoms with Gasteiger partial charge in [-0.15, -0.1) is 0 Å². The average molecular weight is 279 g/mol. The van der Waals surface area contributed by atoms with Gasteiger partial charge in [0.05, 0.1) is 4.92 Å². The Morgan fingerprint density at radius 1 is 1.37 bits per heavy atom. The van der Waals surface area contributed by atoms with Crippen molar-refractivity contribution in [1.82, 2.24) is 9.97 Å². The summed E-state index contributed by atoms with van der Waals surface area (Å²) in [6, 6.07) is 8.12. The van der Waals surface area contributed by atoms with Crippen LogP contribution in [0, 0.1) is 17.0 Å². The van der Waals surface area contributed by atoms with Crippen LogP contribution in [0.25, 0.3) is 0 Å². The van der Waals surface area contributed by atoms with Crippen LogP contribution in [0.3, 0.4) is 0 Å². The Kier molecular flexibility index (Phi) is 3.91. The largest absolute Gasteiger partial charge is 0.366 e. The van der Waals surface area contributed by atoms with E-state index >= 15 is 0 Å². The lowest BCUT2D eigenvalue weighted by molar-refractivity contribution is -0.385. The van der Waals surface area contributed by atoms with Gasteiger partial charge in [0.15, 0.2) is 0 Å². The summed E-state index contributed by atoms with van der Waals surface area (Å²) in [4.78, 5) is 18.6. The topological polar surface area (TPSA) is 81.0 Å². The molecule has 0 aliphatic heterocycles. The van der Waals surface area contributed by atoms with Gasteiger partial charge in [-0.1, -0.05) is 29.8 Å². The van der Waals surface area contributed by atoms with Crippen LogP contribution in [-0.4, -0.2) is 14.9 Å². The van der Waals surface area contributed by atoms with E-state index in [1.54, 1.807) is 31.2 Å². The lowest BCUT2D eigenvalue weighted by Gasteiger charge is -2.07. The maximum atomic E-state index is 10.9. The van der Waals surface area contributed by atoms with Crippen LogP contribution in [0.5, 0.6) is 0 Å². The summed E-state index contributed by atoms with van der Waals surface area (Å²) < 4.78 is 0. The molecule has 0 spiro atoms. The summed E-state index contributed by atoms with van der Waals surface area (Å²) in [7, 11) is 0. The summed E-state index contributed by atoms with van der Waals surface area (Å²) in [6.07, 6.45) is 0. The number of aryl methyl sites for hydroxylation is 1. The highest BCUT2D eigenvalue weighted by molar-refractivity contribution is 6.29. The van der Waals surface area contributed by atoms with Crippen molar-refractivity contribution in [1.29, 1.82) is 0 Å². The zero-order chi connectivity index (χ0) is 13.8. The Bertz CT molecular complexity index is 598. The molecule has 1 heterocycles. The summed E-state index contributed by atoms with van der Waals surface area (Å²) in [5.41, 5.74) is 0.659. The van der Waals surface area contributed by atoms with Gasteiger partial charge in [0.1, 0.15) is 16.8 Å². The second kappa shape index (κ2) is 5.62. The first-order valence-electron chi connectivity index (χ1n) is 5.53. The maximum Gasteiger partial charge on any atom is 0.274 e. The van der Waals surface area contributed by atoms with Gasteiger partial charge in [-0.3, -0.25) is 10.1 Å². The van der Waals surface area contributed by atoms with Gasteiger partial charge in [0.25, 0.3) is 5.69 Å². The molecule has 0 amide bonds. The molecule has 0 bridgehead atoms. The van der Waals surface area contributed by atoms with Crippen LogP contribution in [0.4, 0.5) is 11.5 Å². The number of nitrogens with one attached hydrogen (secondary N) is 1. The molecular formula is C12H11ClN4O2. The molecule has 0 fully saturated rings. The first-order chi connectivity index (χ1) is 9.06. The van der Waals surface area contributed by atoms with E-state index in [-0.39, 0.29) is 5.69 Å². The van der Waals surface area contributed by atoms with Crippen LogP contribution in [-0.2, 0) is 6.54 Å². The van der Waals surface area contributed by atoms with Crippen LogP contribution in [0.1, 0.15) is 11.4 Å². The van der Waals surface area contributed by atoms with E-state index in [0.717, 1.165) is 0 Å². The molecule has 98 valence electrons. The Morgan fingerprint density at radius 3 is 2.79 bits per heavy atom. The van der Waals surface area contributed by atoms with E-state index in [1.165, 1.54) is 6.07 Å². The molecule has 0 unspecified atom stereocenters. The number of nitrogens with zero attached hydrogens (tertiary/aromatic N) is 3. The van der Waals surface area contributed by atoms with Crippen molar-refractivity contribution in [3.05, 3.63) is 57.0 Å². The van der Waals surface area contributed by atoms with E-state index in [2.05, 4.69) is 15.3 Å². The Balaban J connectivity index is 2.16. The third kappa shape index (κ3) is 3.38. The highest BCUT2D eigenvalue weighted by Gasteiger charge is 2.12. The fourth-order valence-electron chi connectivity index (χ4n) is 1.65. The Morgan fingerprint density at radius 2 is 2.11 bits per heavy atom. The molecule has 2 aromatic rings. The normalized spacial score (nSPS) is 10.2. The summed E-state index contributed by atoms with van der Waals surface area (Å²) in [5, 5.41) is 14.2. The first-order valence-corrected chi connectivity index (χ1v) is 5.91. The zero-order valence-electron chi connectivity index (χ0n) is 10.1. The van der Waals surface area contributed by atoms with Gasteiger partial charge in [-0.05, 0) is 6.92 Å². The molecule has 0 saturated heterocycles. The second-order valence-electron chi connectivity index (χ2n) is 3.86. The number of rotatable bonds is 4. The standard InChI is InChI=1S/C12H11ClN4O2/c1-8-15-11(13)6-12(16-8)14-7-9-4-2-3-5-10(9)17(18)19/h2-6H,7H2,1H3,(H,14,15,16). The minimum absolute atomic E-state index is 0.0758. The second-order valence-corrected chi connectivity index (χ2v) is 4.25. The van der Waals surface area contributed by atoms with Gasteiger partial charge in [-0.2, -0.15) is 0 Å². The summed E-state index contributed by atoms with van der Waals surface area (Å²) in [6.45, 7) is 2.02. The van der Waals surface area contributed by atoms with Crippen molar-refractivity contribution in [2.45, 2.75) is 13.5 Å². The molecule has 7 heteroatoms. The maximum absolute atomic E-state index is 10.9. The molecule has 2 rings (SSSR count). The number of anilines is 1. The minimum atomic E-state index is -0.408. The zero-order valence-corrected chi connectivity index (χ0v) is 10.9. The molecule has 1 N–H and O–H groups in total. The third-order valence-electron chi connectivity index (χ3n) is 2.45. The van der Waals surface area contributed by atoms with Gasteiger partial charge in [0, 0.05) is 24.2 Å². The molecule has 0 aliphatic carbocycles. The number of hydrogen-bond acceptors (Lipinski definition) is 5. The van der Waals surface area contributed by atoms with E-state index < -0.39 is 4.92 Å². The van der Waals surface area contributed by atoms with Crippen molar-refractivity contribution >= 4 is 23.1 Å². The van der Waals surface area contributed by atoms with Crippen LogP contribution >= 0.6 is 11.6 Å². The van der Waals surface area contributed by atoms with Crippen molar-refractivity contribution in [3.8, 4) is 0 Å². The Hall–Kier alpha value is -2.21. The molecular weight excluding hydrogens is 268 g/mol. The molecule has 0 radical (unpaired) electrons. The predicted octanol–water partition coefficient (Wildman–Crippen LogP) is 2.96. The molecule has 1 aromatic heterocycles. The SMILES string of the molecule is Cc1nc(Cl)cc(NCc2ccccc2[N+](=O)[O-])n1. The first kappa shape index (κ1) is 13.2. The van der Waals surface area contributed by atoms with E-state index in [1.807, 2.05) is 0 Å². The number of para-hydroxylation sites is 1. The fraction of sp³-hybridized carbons (Fsp3) is 0.167. The van der Waals surface area contributed by atoms with Gasteiger partial charge < -0.3 is 5.32 Å². The smallest absolute Gasteiger partial charge is 0.274 e. The highest BCUT2D eigenvalue weighted by Crippen LogP contribution is 2.19. The van der Waals surface area contributed by atoms with Gasteiger partial charge in [-0.25, -0.2) is 9.97 Å². The van der Waals surface area contributed by atoms with Crippen molar-refractivity contribution in [3.63, 3.8) is 0 Å². The highest BCUT2D eigenvalue weighted by atomic mass is 35.5. The monoisotopic (exact) mass is 278 g/mol. The number of aromatic nitrogens is 2. The molecule has 19 heavy (non-hydrogen) atoms. The average Bonchev–Trinajstić information content (AvgIpc) is 2.35. The van der Waals surface area contributed by atoms with Crippen LogP contribution in [0.15, 0.2) is 30.3 Å². The molecule has 0 aliphatic rings. The van der Waals surface area contributed by atoms with Gasteiger partial charge in [0.2, 0.25) is 0 Å². The summed E-state index contributed by atoms with van der Waals surface area (Å²) in [5.74, 6) is 1.08. The predicted molar refractivity (Wildman–Crippen MR) is 72.2 cm³/mol. The minimum Gasteiger partial charge on any atom is -0.366 e. The van der Waals surface area contributed by atoms with E-state index in [9.17, 15) is 10.1 Å². The van der Waals surface area contributed by atoms with Crippen molar-refractivity contribution in [2.24, 2.45) is 0 Å². The third-order valence-corrected chi connectivity index (χ3v) is 2.65. The van der Waals surface area contributed by atoms with Gasteiger partial charge >= 0.3 is 0 Å². The molecule has 0 atom stereocenters. The lowest BCUT2D eigenvalue weighted by atomic mass is 10.2. The van der Waals surface area contributed by atoms with Crippen LogP contribution in [0.2, 0.25) is 5.15 Å². The van der Waals surface area contributed by atoms with E-state index in [4.69, 9.17) is 11.6 Å². The summed E-state index contributed by atoms with van der Waals surface area (Å²) >= 11 is 5.81. The fourth-order valence-corrected chi connectivity index (χ4v) is 1.87. The van der Waals surface area contributed by atoms with Crippen molar-refractivity contribution in [2.75, 3.05) is 5.32 Å². The number of halogens is 1. The van der Waals surface area contributed by atoms with Crippen LogP contribution < -0.4 is 5.32 Å². The van der Waals surface area contributed by atoms with E-state index in [0.29, 0.717) is 28.9 Å². The molecule has 6 nitrogen and oxygen atoms in total.